The van der Waals surface area contributed by atoms with Crippen molar-refractivity contribution >= 4 is 17.9 Å². The van der Waals surface area contributed by atoms with E-state index in [9.17, 15) is 18.0 Å². The van der Waals surface area contributed by atoms with Gasteiger partial charge in [-0.3, -0.25) is 0 Å². The molecule has 0 aliphatic carbocycles. The molecule has 2 aromatic carbocycles. The van der Waals surface area contributed by atoms with Crippen molar-refractivity contribution in [1.82, 2.24) is 0 Å². The standard InChI is InChI=1S/C17H14ClF3O3/c1-23-13-5-2-11(3-6-13)10-24-16-12(8-9-22)4-7-14(15(16)18)17(19,20)21/h2-7,9H,8,10H2,1H3. The predicted octanol–water partition coefficient (Wildman–Crippen LogP) is 4.69. The summed E-state index contributed by atoms with van der Waals surface area (Å²) in [5.41, 5.74) is 0.0291. The number of rotatable bonds is 6. The van der Waals surface area contributed by atoms with E-state index in [1.54, 1.807) is 24.3 Å². The van der Waals surface area contributed by atoms with E-state index in [1.165, 1.54) is 13.2 Å². The van der Waals surface area contributed by atoms with Crippen molar-refractivity contribution in [2.45, 2.75) is 19.2 Å². The molecule has 3 nitrogen and oxygen atoms in total. The summed E-state index contributed by atoms with van der Waals surface area (Å²) < 4.78 is 49.4. The molecule has 0 N–H and O–H groups in total. The minimum absolute atomic E-state index is 0.0108. The van der Waals surface area contributed by atoms with Crippen LogP contribution in [-0.2, 0) is 24.0 Å². The summed E-state index contributed by atoms with van der Waals surface area (Å²) in [5.74, 6) is 0.520. The molecule has 2 rings (SSSR count). The Morgan fingerprint density at radius 1 is 1.12 bits per heavy atom. The van der Waals surface area contributed by atoms with Gasteiger partial charge in [0.05, 0.1) is 17.7 Å². The maximum Gasteiger partial charge on any atom is 0.417 e. The molecule has 0 amide bonds. The third-order valence-corrected chi connectivity index (χ3v) is 3.70. The van der Waals surface area contributed by atoms with Crippen LogP contribution in [0.25, 0.3) is 0 Å². The zero-order valence-corrected chi connectivity index (χ0v) is 13.4. The lowest BCUT2D eigenvalue weighted by atomic mass is 10.1. The largest absolute Gasteiger partial charge is 0.497 e. The van der Waals surface area contributed by atoms with Gasteiger partial charge in [-0.1, -0.05) is 29.8 Å². The fourth-order valence-electron chi connectivity index (χ4n) is 2.10. The second-order valence-corrected chi connectivity index (χ2v) is 5.30. The number of hydrogen-bond donors (Lipinski definition) is 0. The normalized spacial score (nSPS) is 11.2. The molecule has 128 valence electrons. The Kier molecular flexibility index (Phi) is 5.72. The number of benzene rings is 2. The van der Waals surface area contributed by atoms with Crippen LogP contribution < -0.4 is 9.47 Å². The topological polar surface area (TPSA) is 35.5 Å². The summed E-state index contributed by atoms with van der Waals surface area (Å²) in [7, 11) is 1.53. The lowest BCUT2D eigenvalue weighted by Crippen LogP contribution is -2.09. The van der Waals surface area contributed by atoms with Crippen LogP contribution in [0.2, 0.25) is 5.02 Å². The lowest BCUT2D eigenvalue weighted by Gasteiger charge is -2.16. The molecule has 0 heterocycles. The number of carbonyl (C=O) groups is 1. The molecule has 0 unspecified atom stereocenters. The predicted molar refractivity (Wildman–Crippen MR) is 83.5 cm³/mol. The van der Waals surface area contributed by atoms with Crippen LogP contribution in [0.5, 0.6) is 11.5 Å². The second-order valence-electron chi connectivity index (χ2n) is 4.92. The summed E-state index contributed by atoms with van der Waals surface area (Å²) >= 11 is 5.87. The van der Waals surface area contributed by atoms with E-state index in [-0.39, 0.29) is 18.8 Å². The van der Waals surface area contributed by atoms with Crippen molar-refractivity contribution in [3.05, 3.63) is 58.1 Å². The van der Waals surface area contributed by atoms with Gasteiger partial charge in [-0.25, -0.2) is 0 Å². The molecule has 24 heavy (non-hydrogen) atoms. The Morgan fingerprint density at radius 2 is 1.79 bits per heavy atom. The highest BCUT2D eigenvalue weighted by Gasteiger charge is 2.35. The molecule has 0 saturated heterocycles. The number of hydrogen-bond acceptors (Lipinski definition) is 3. The number of alkyl halides is 3. The van der Waals surface area contributed by atoms with Crippen molar-refractivity contribution in [2.75, 3.05) is 7.11 Å². The molecule has 0 spiro atoms. The number of aldehydes is 1. The summed E-state index contributed by atoms with van der Waals surface area (Å²) in [4.78, 5) is 10.7. The molecule has 0 aliphatic heterocycles. The van der Waals surface area contributed by atoms with Crippen molar-refractivity contribution in [3.63, 3.8) is 0 Å². The molecular formula is C17H14ClF3O3. The van der Waals surface area contributed by atoms with Gasteiger partial charge in [0.25, 0.3) is 0 Å². The second kappa shape index (κ2) is 7.57. The lowest BCUT2D eigenvalue weighted by molar-refractivity contribution is -0.137. The van der Waals surface area contributed by atoms with Gasteiger partial charge in [0, 0.05) is 12.0 Å². The molecule has 0 atom stereocenters. The fraction of sp³-hybridized carbons (Fsp3) is 0.235. The van der Waals surface area contributed by atoms with E-state index in [4.69, 9.17) is 21.1 Å². The monoisotopic (exact) mass is 358 g/mol. The maximum absolute atomic E-state index is 13.0. The number of ether oxygens (including phenoxy) is 2. The van der Waals surface area contributed by atoms with Gasteiger partial charge >= 0.3 is 6.18 Å². The molecule has 0 radical (unpaired) electrons. The molecule has 7 heteroatoms. The first kappa shape index (κ1) is 18.1. The van der Waals surface area contributed by atoms with Crippen molar-refractivity contribution in [2.24, 2.45) is 0 Å². The summed E-state index contributed by atoms with van der Waals surface area (Å²) in [6.07, 6.45) is -4.11. The fourth-order valence-corrected chi connectivity index (χ4v) is 2.44. The van der Waals surface area contributed by atoms with Gasteiger partial charge in [0.1, 0.15) is 24.4 Å². The SMILES string of the molecule is COc1ccc(COc2c(CC=O)ccc(C(F)(F)F)c2Cl)cc1. The average molecular weight is 359 g/mol. The van der Waals surface area contributed by atoms with E-state index >= 15 is 0 Å². The Balaban J connectivity index is 2.30. The summed E-state index contributed by atoms with van der Waals surface area (Å²) in [5, 5.41) is -0.546. The van der Waals surface area contributed by atoms with Crippen LogP contribution in [0.15, 0.2) is 36.4 Å². The number of methoxy groups -OCH3 is 1. The van der Waals surface area contributed by atoms with E-state index in [2.05, 4.69) is 0 Å². The first-order valence-electron chi connectivity index (χ1n) is 6.94. The smallest absolute Gasteiger partial charge is 0.417 e. The molecule has 0 bridgehead atoms. The number of carbonyl (C=O) groups excluding carboxylic acids is 1. The molecule has 2 aromatic rings. The van der Waals surface area contributed by atoms with E-state index in [0.29, 0.717) is 17.6 Å². The van der Waals surface area contributed by atoms with E-state index < -0.39 is 16.8 Å². The van der Waals surface area contributed by atoms with Crippen molar-refractivity contribution in [1.29, 1.82) is 0 Å². The van der Waals surface area contributed by atoms with Gasteiger partial charge in [0.2, 0.25) is 0 Å². The quantitative estimate of drug-likeness (QED) is 0.703. The zero-order chi connectivity index (χ0) is 17.7. The van der Waals surface area contributed by atoms with Gasteiger partial charge in [-0.05, 0) is 23.8 Å². The Labute approximate surface area is 142 Å². The number of halogens is 4. The highest BCUT2D eigenvalue weighted by Crippen LogP contribution is 2.41. The van der Waals surface area contributed by atoms with Gasteiger partial charge in [-0.15, -0.1) is 0 Å². The highest BCUT2D eigenvalue weighted by atomic mass is 35.5. The first-order chi connectivity index (χ1) is 11.4. The summed E-state index contributed by atoms with van der Waals surface area (Å²) in [6.45, 7) is 0.0108. The van der Waals surface area contributed by atoms with Crippen LogP contribution in [0.1, 0.15) is 16.7 Å². The first-order valence-corrected chi connectivity index (χ1v) is 7.32. The van der Waals surface area contributed by atoms with E-state index in [0.717, 1.165) is 11.6 Å². The minimum Gasteiger partial charge on any atom is -0.497 e. The summed E-state index contributed by atoms with van der Waals surface area (Å²) in [6, 6.07) is 8.91. The minimum atomic E-state index is -4.60. The van der Waals surface area contributed by atoms with Crippen LogP contribution in [0, 0.1) is 0 Å². The molecule has 0 aromatic heterocycles. The third-order valence-electron chi connectivity index (χ3n) is 3.33. The highest BCUT2D eigenvalue weighted by molar-refractivity contribution is 6.33. The third kappa shape index (κ3) is 4.20. The molecular weight excluding hydrogens is 345 g/mol. The van der Waals surface area contributed by atoms with Crippen LogP contribution in [-0.4, -0.2) is 13.4 Å². The molecule has 0 fully saturated rings. The van der Waals surface area contributed by atoms with Crippen molar-refractivity contribution < 1.29 is 27.4 Å². The Bertz CT molecular complexity index is 712. The molecule has 0 aliphatic rings. The van der Waals surface area contributed by atoms with Crippen LogP contribution >= 0.6 is 11.6 Å². The van der Waals surface area contributed by atoms with Crippen molar-refractivity contribution in [3.8, 4) is 11.5 Å². The van der Waals surface area contributed by atoms with Crippen LogP contribution in [0.4, 0.5) is 13.2 Å². The average Bonchev–Trinajstić information content (AvgIpc) is 2.54. The van der Waals surface area contributed by atoms with E-state index in [1.807, 2.05) is 0 Å². The Hall–Kier alpha value is -2.21. The maximum atomic E-state index is 13.0. The van der Waals surface area contributed by atoms with Gasteiger partial charge in [0.15, 0.2) is 0 Å². The zero-order valence-electron chi connectivity index (χ0n) is 12.7. The Morgan fingerprint density at radius 3 is 2.33 bits per heavy atom. The molecule has 0 saturated carbocycles. The van der Waals surface area contributed by atoms with Gasteiger partial charge in [-0.2, -0.15) is 13.2 Å². The van der Waals surface area contributed by atoms with Gasteiger partial charge < -0.3 is 14.3 Å². The van der Waals surface area contributed by atoms with Crippen LogP contribution in [0.3, 0.4) is 0 Å².